The van der Waals surface area contributed by atoms with Crippen molar-refractivity contribution in [2.24, 2.45) is 0 Å². The monoisotopic (exact) mass is 248 g/mol. The van der Waals surface area contributed by atoms with Gasteiger partial charge in [-0.3, -0.25) is 4.79 Å². The first-order valence-corrected chi connectivity index (χ1v) is 6.55. The van der Waals surface area contributed by atoms with Crippen LogP contribution in [0.2, 0.25) is 0 Å². The van der Waals surface area contributed by atoms with Gasteiger partial charge in [0.15, 0.2) is 0 Å². The van der Waals surface area contributed by atoms with Gasteiger partial charge in [-0.1, -0.05) is 18.2 Å². The molecular formula is C15H24N2O. The molecule has 0 saturated heterocycles. The highest BCUT2D eigenvalue weighted by Gasteiger charge is 2.14. The number of carbonyl (C=O) groups is 1. The molecule has 0 saturated carbocycles. The van der Waals surface area contributed by atoms with Crippen LogP contribution in [-0.2, 0) is 4.79 Å². The molecule has 0 atom stereocenters. The fourth-order valence-corrected chi connectivity index (χ4v) is 2.21. The standard InChI is InChI=1S/C15H24N2O/c1-12-8-7-9-13(2)15(12)17(4)14(18)10-5-6-11-16-3/h7-9,16H,5-6,10-11H2,1-4H3. The van der Waals surface area contributed by atoms with Crippen molar-refractivity contribution in [1.29, 1.82) is 0 Å². The fraction of sp³-hybridized carbons (Fsp3) is 0.533. The van der Waals surface area contributed by atoms with E-state index in [9.17, 15) is 4.79 Å². The van der Waals surface area contributed by atoms with Crippen molar-refractivity contribution in [3.05, 3.63) is 29.3 Å². The summed E-state index contributed by atoms with van der Waals surface area (Å²) in [5.74, 6) is 0.198. The molecule has 0 heterocycles. The SMILES string of the molecule is CNCCCCC(=O)N(C)c1c(C)cccc1C. The van der Waals surface area contributed by atoms with Crippen LogP contribution in [0, 0.1) is 13.8 Å². The lowest BCUT2D eigenvalue weighted by Gasteiger charge is -2.21. The van der Waals surface area contributed by atoms with Crippen molar-refractivity contribution in [2.75, 3.05) is 25.5 Å². The largest absolute Gasteiger partial charge is 0.320 e. The predicted molar refractivity (Wildman–Crippen MR) is 77.1 cm³/mol. The number of benzene rings is 1. The lowest BCUT2D eigenvalue weighted by atomic mass is 10.1. The molecule has 0 aliphatic carbocycles. The molecule has 3 nitrogen and oxygen atoms in total. The number of nitrogens with one attached hydrogen (secondary N) is 1. The maximum Gasteiger partial charge on any atom is 0.226 e. The van der Waals surface area contributed by atoms with Crippen LogP contribution in [0.3, 0.4) is 0 Å². The van der Waals surface area contributed by atoms with Crippen molar-refractivity contribution in [3.63, 3.8) is 0 Å². The third-order valence-corrected chi connectivity index (χ3v) is 3.22. The Morgan fingerprint density at radius 2 is 1.83 bits per heavy atom. The van der Waals surface area contributed by atoms with Gasteiger partial charge in [-0.25, -0.2) is 0 Å². The number of carbonyl (C=O) groups excluding carboxylic acids is 1. The van der Waals surface area contributed by atoms with E-state index in [0.717, 1.165) is 36.2 Å². The molecule has 0 bridgehead atoms. The van der Waals surface area contributed by atoms with E-state index in [2.05, 4.69) is 5.32 Å². The normalized spacial score (nSPS) is 10.4. The van der Waals surface area contributed by atoms with Crippen molar-refractivity contribution >= 4 is 11.6 Å². The van der Waals surface area contributed by atoms with Gasteiger partial charge in [0.1, 0.15) is 0 Å². The Labute approximate surface area is 110 Å². The van der Waals surface area contributed by atoms with E-state index in [1.54, 1.807) is 4.90 Å². The molecule has 100 valence electrons. The average Bonchev–Trinajstić information content (AvgIpc) is 2.34. The second-order valence-electron chi connectivity index (χ2n) is 4.75. The number of para-hydroxylation sites is 1. The van der Waals surface area contributed by atoms with E-state index in [-0.39, 0.29) is 5.91 Å². The number of rotatable bonds is 6. The highest BCUT2D eigenvalue weighted by atomic mass is 16.2. The summed E-state index contributed by atoms with van der Waals surface area (Å²) < 4.78 is 0. The summed E-state index contributed by atoms with van der Waals surface area (Å²) in [7, 11) is 3.81. The number of amides is 1. The molecule has 0 radical (unpaired) electrons. The van der Waals surface area contributed by atoms with Crippen molar-refractivity contribution < 1.29 is 4.79 Å². The van der Waals surface area contributed by atoms with Crippen molar-refractivity contribution in [2.45, 2.75) is 33.1 Å². The Kier molecular flexibility index (Phi) is 5.86. The quantitative estimate of drug-likeness (QED) is 0.785. The van der Waals surface area contributed by atoms with E-state index < -0.39 is 0 Å². The van der Waals surface area contributed by atoms with Crippen LogP contribution in [0.4, 0.5) is 5.69 Å². The third-order valence-electron chi connectivity index (χ3n) is 3.22. The Morgan fingerprint density at radius 1 is 1.22 bits per heavy atom. The fourth-order valence-electron chi connectivity index (χ4n) is 2.21. The molecule has 0 aliphatic heterocycles. The predicted octanol–water partition coefficient (Wildman–Crippen LogP) is 2.66. The lowest BCUT2D eigenvalue weighted by Crippen LogP contribution is -2.27. The molecule has 0 aromatic heterocycles. The van der Waals surface area contributed by atoms with Crippen LogP contribution in [0.25, 0.3) is 0 Å². The third kappa shape index (κ3) is 3.84. The first-order chi connectivity index (χ1) is 8.57. The summed E-state index contributed by atoms with van der Waals surface area (Å²) in [4.78, 5) is 13.9. The van der Waals surface area contributed by atoms with Crippen LogP contribution in [0.15, 0.2) is 18.2 Å². The summed E-state index contributed by atoms with van der Waals surface area (Å²) >= 11 is 0. The second kappa shape index (κ2) is 7.17. The molecule has 0 fully saturated rings. The molecule has 0 spiro atoms. The van der Waals surface area contributed by atoms with E-state index >= 15 is 0 Å². The van der Waals surface area contributed by atoms with Gasteiger partial charge in [-0.15, -0.1) is 0 Å². The van der Waals surface area contributed by atoms with E-state index in [1.807, 2.05) is 46.1 Å². The topological polar surface area (TPSA) is 32.3 Å². The van der Waals surface area contributed by atoms with Gasteiger partial charge >= 0.3 is 0 Å². The second-order valence-corrected chi connectivity index (χ2v) is 4.75. The molecule has 1 aromatic carbocycles. The average molecular weight is 248 g/mol. The molecular weight excluding hydrogens is 224 g/mol. The highest BCUT2D eigenvalue weighted by Crippen LogP contribution is 2.24. The van der Waals surface area contributed by atoms with Crippen LogP contribution >= 0.6 is 0 Å². The van der Waals surface area contributed by atoms with Gasteiger partial charge in [0.25, 0.3) is 0 Å². The highest BCUT2D eigenvalue weighted by molar-refractivity contribution is 5.94. The molecule has 18 heavy (non-hydrogen) atoms. The first kappa shape index (κ1) is 14.7. The molecule has 1 aromatic rings. The van der Waals surface area contributed by atoms with Gasteiger partial charge in [0, 0.05) is 19.2 Å². The molecule has 0 aliphatic rings. The van der Waals surface area contributed by atoms with Crippen molar-refractivity contribution in [1.82, 2.24) is 5.32 Å². The summed E-state index contributed by atoms with van der Waals surface area (Å²) in [6.45, 7) is 5.07. The smallest absolute Gasteiger partial charge is 0.226 e. The van der Waals surface area contributed by atoms with E-state index in [1.165, 1.54) is 0 Å². The minimum absolute atomic E-state index is 0.198. The van der Waals surface area contributed by atoms with E-state index in [0.29, 0.717) is 6.42 Å². The van der Waals surface area contributed by atoms with Crippen LogP contribution < -0.4 is 10.2 Å². The molecule has 3 heteroatoms. The number of nitrogens with zero attached hydrogens (tertiary/aromatic N) is 1. The number of hydrogen-bond acceptors (Lipinski definition) is 2. The zero-order valence-corrected chi connectivity index (χ0v) is 11.9. The number of anilines is 1. The number of hydrogen-bond donors (Lipinski definition) is 1. The van der Waals surface area contributed by atoms with Crippen LogP contribution in [0.1, 0.15) is 30.4 Å². The Balaban J connectivity index is 2.63. The van der Waals surface area contributed by atoms with Gasteiger partial charge < -0.3 is 10.2 Å². The molecule has 1 amide bonds. The minimum atomic E-state index is 0.198. The van der Waals surface area contributed by atoms with E-state index in [4.69, 9.17) is 0 Å². The van der Waals surface area contributed by atoms with Gasteiger partial charge in [-0.2, -0.15) is 0 Å². The molecule has 1 rings (SSSR count). The maximum atomic E-state index is 12.1. The number of aryl methyl sites for hydroxylation is 2. The lowest BCUT2D eigenvalue weighted by molar-refractivity contribution is -0.118. The number of unbranched alkanes of at least 4 members (excludes halogenated alkanes) is 1. The Hall–Kier alpha value is -1.35. The Bertz CT molecular complexity index is 381. The molecule has 1 N–H and O–H groups in total. The summed E-state index contributed by atoms with van der Waals surface area (Å²) in [5, 5.41) is 3.10. The summed E-state index contributed by atoms with van der Waals surface area (Å²) in [6.07, 6.45) is 2.60. The van der Waals surface area contributed by atoms with Gasteiger partial charge in [0.2, 0.25) is 5.91 Å². The van der Waals surface area contributed by atoms with Crippen LogP contribution in [0.5, 0.6) is 0 Å². The zero-order chi connectivity index (χ0) is 13.5. The van der Waals surface area contributed by atoms with Crippen LogP contribution in [-0.4, -0.2) is 26.5 Å². The van der Waals surface area contributed by atoms with Gasteiger partial charge in [-0.05, 0) is 51.4 Å². The maximum absolute atomic E-state index is 12.1. The molecule has 0 unspecified atom stereocenters. The summed E-state index contributed by atoms with van der Waals surface area (Å²) in [6, 6.07) is 6.12. The Morgan fingerprint density at radius 3 is 2.39 bits per heavy atom. The van der Waals surface area contributed by atoms with Gasteiger partial charge in [0.05, 0.1) is 0 Å². The first-order valence-electron chi connectivity index (χ1n) is 6.55. The summed E-state index contributed by atoms with van der Waals surface area (Å²) in [5.41, 5.74) is 3.36. The zero-order valence-electron chi connectivity index (χ0n) is 11.9. The van der Waals surface area contributed by atoms with Crippen molar-refractivity contribution in [3.8, 4) is 0 Å². The minimum Gasteiger partial charge on any atom is -0.320 e.